The Labute approximate surface area is 140 Å². The second-order valence-electron chi connectivity index (χ2n) is 5.60. The van der Waals surface area contributed by atoms with Gasteiger partial charge < -0.3 is 5.11 Å². The van der Waals surface area contributed by atoms with Crippen molar-refractivity contribution in [2.45, 2.75) is 23.5 Å². The Hall–Kier alpha value is -2.26. The van der Waals surface area contributed by atoms with Crippen LogP contribution in [0.2, 0.25) is 0 Å². The topological polar surface area (TPSA) is 37.3 Å². The zero-order valence-electron chi connectivity index (χ0n) is 12.9. The number of aliphatic carboxylic acids is 1. The fourth-order valence-electron chi connectivity index (χ4n) is 2.63. The van der Waals surface area contributed by atoms with E-state index in [1.165, 1.54) is 17.3 Å². The standard InChI is InChI=1S/C20H18O2S/c1-14-9-11-17(12-10-14)23-19(20(21)22)13-16-7-4-6-15-5-2-3-8-18(15)16/h2-12,19H,13H2,1H3,(H,21,22)/t19-/m1/s1. The smallest absolute Gasteiger partial charge is 0.317 e. The summed E-state index contributed by atoms with van der Waals surface area (Å²) in [5.41, 5.74) is 2.25. The first-order chi connectivity index (χ1) is 11.1. The molecule has 0 aliphatic rings. The van der Waals surface area contributed by atoms with Crippen LogP contribution in [0.4, 0.5) is 0 Å². The van der Waals surface area contributed by atoms with E-state index in [9.17, 15) is 9.90 Å². The van der Waals surface area contributed by atoms with Crippen molar-refractivity contribution in [1.29, 1.82) is 0 Å². The minimum Gasteiger partial charge on any atom is -0.480 e. The van der Waals surface area contributed by atoms with Crippen molar-refractivity contribution < 1.29 is 9.90 Å². The number of fused-ring (bicyclic) bond motifs is 1. The molecule has 0 spiro atoms. The third-order valence-corrected chi connectivity index (χ3v) is 5.06. The van der Waals surface area contributed by atoms with Crippen molar-refractivity contribution >= 4 is 28.5 Å². The molecule has 3 heteroatoms. The summed E-state index contributed by atoms with van der Waals surface area (Å²) < 4.78 is 0. The van der Waals surface area contributed by atoms with E-state index in [1.54, 1.807) is 0 Å². The summed E-state index contributed by atoms with van der Waals surface area (Å²) in [7, 11) is 0. The molecule has 0 saturated carbocycles. The van der Waals surface area contributed by atoms with Crippen LogP contribution in [-0.4, -0.2) is 16.3 Å². The highest BCUT2D eigenvalue weighted by Crippen LogP contribution is 2.29. The Morgan fingerprint density at radius 1 is 1.00 bits per heavy atom. The van der Waals surface area contributed by atoms with Gasteiger partial charge in [-0.25, -0.2) is 0 Å². The maximum Gasteiger partial charge on any atom is 0.317 e. The van der Waals surface area contributed by atoms with Crippen molar-refractivity contribution in [3.63, 3.8) is 0 Å². The second-order valence-corrected chi connectivity index (χ2v) is 6.88. The second kappa shape index (κ2) is 6.88. The third kappa shape index (κ3) is 3.74. The van der Waals surface area contributed by atoms with Crippen LogP contribution in [0.5, 0.6) is 0 Å². The summed E-state index contributed by atoms with van der Waals surface area (Å²) in [6.45, 7) is 2.03. The number of thioether (sulfide) groups is 1. The molecule has 3 aromatic rings. The van der Waals surface area contributed by atoms with Crippen LogP contribution in [0.1, 0.15) is 11.1 Å². The summed E-state index contributed by atoms with van der Waals surface area (Å²) in [5, 5.41) is 11.4. The number of aryl methyl sites for hydroxylation is 1. The largest absolute Gasteiger partial charge is 0.480 e. The molecular formula is C20H18O2S. The molecule has 3 rings (SSSR count). The average Bonchev–Trinajstić information content (AvgIpc) is 2.56. The van der Waals surface area contributed by atoms with Gasteiger partial charge in [0.05, 0.1) is 0 Å². The Morgan fingerprint density at radius 3 is 2.43 bits per heavy atom. The molecule has 1 atom stereocenters. The zero-order chi connectivity index (χ0) is 16.2. The van der Waals surface area contributed by atoms with Crippen LogP contribution in [0.15, 0.2) is 71.6 Å². The van der Waals surface area contributed by atoms with E-state index in [2.05, 4.69) is 18.2 Å². The molecule has 0 unspecified atom stereocenters. The summed E-state index contributed by atoms with van der Waals surface area (Å²) in [5.74, 6) is -0.775. The van der Waals surface area contributed by atoms with Gasteiger partial charge in [-0.3, -0.25) is 4.79 Å². The van der Waals surface area contributed by atoms with Gasteiger partial charge in [0.1, 0.15) is 5.25 Å². The minimum atomic E-state index is -0.775. The van der Waals surface area contributed by atoms with Gasteiger partial charge in [-0.05, 0) is 41.8 Å². The fraction of sp³-hybridized carbons (Fsp3) is 0.150. The Morgan fingerprint density at radius 2 is 1.70 bits per heavy atom. The highest BCUT2D eigenvalue weighted by atomic mass is 32.2. The van der Waals surface area contributed by atoms with Crippen molar-refractivity contribution in [1.82, 2.24) is 0 Å². The van der Waals surface area contributed by atoms with Crippen LogP contribution < -0.4 is 0 Å². The van der Waals surface area contributed by atoms with Crippen LogP contribution in [0.25, 0.3) is 10.8 Å². The van der Waals surface area contributed by atoms with Crippen LogP contribution in [-0.2, 0) is 11.2 Å². The molecular weight excluding hydrogens is 304 g/mol. The van der Waals surface area contributed by atoms with E-state index in [0.29, 0.717) is 6.42 Å². The molecule has 0 aliphatic heterocycles. The van der Waals surface area contributed by atoms with E-state index < -0.39 is 11.2 Å². The summed E-state index contributed by atoms with van der Waals surface area (Å²) in [6, 6.07) is 22.2. The molecule has 0 heterocycles. The van der Waals surface area contributed by atoms with Crippen LogP contribution in [0.3, 0.4) is 0 Å². The van der Waals surface area contributed by atoms with Gasteiger partial charge >= 0.3 is 5.97 Å². The van der Waals surface area contributed by atoms with Crippen molar-refractivity contribution in [2.24, 2.45) is 0 Å². The molecule has 3 aromatic carbocycles. The fourth-order valence-corrected chi connectivity index (χ4v) is 3.62. The molecule has 0 aliphatic carbocycles. The Bertz CT molecular complexity index is 819. The Kier molecular flexibility index (Phi) is 4.68. The summed E-state index contributed by atoms with van der Waals surface area (Å²) in [6.07, 6.45) is 0.509. The van der Waals surface area contributed by atoms with E-state index in [0.717, 1.165) is 21.2 Å². The number of hydrogen-bond donors (Lipinski definition) is 1. The molecule has 0 bridgehead atoms. The molecule has 2 nitrogen and oxygen atoms in total. The molecule has 0 fully saturated rings. The van der Waals surface area contributed by atoms with Crippen molar-refractivity contribution in [3.8, 4) is 0 Å². The predicted octanol–water partition coefficient (Wildman–Crippen LogP) is 4.94. The number of carboxylic acid groups (broad SMARTS) is 1. The molecule has 0 saturated heterocycles. The van der Waals surface area contributed by atoms with Gasteiger partial charge in [0.15, 0.2) is 0 Å². The number of carbonyl (C=O) groups is 1. The first-order valence-electron chi connectivity index (χ1n) is 7.56. The lowest BCUT2D eigenvalue weighted by Gasteiger charge is -2.14. The molecule has 1 N–H and O–H groups in total. The van der Waals surface area contributed by atoms with E-state index in [1.807, 2.05) is 55.5 Å². The number of rotatable bonds is 5. The van der Waals surface area contributed by atoms with E-state index in [-0.39, 0.29) is 0 Å². The van der Waals surface area contributed by atoms with Crippen molar-refractivity contribution in [3.05, 3.63) is 77.9 Å². The highest BCUT2D eigenvalue weighted by molar-refractivity contribution is 8.00. The number of benzene rings is 3. The third-order valence-electron chi connectivity index (χ3n) is 3.86. The lowest BCUT2D eigenvalue weighted by molar-refractivity contribution is -0.136. The lowest BCUT2D eigenvalue weighted by Crippen LogP contribution is -2.19. The maximum absolute atomic E-state index is 11.7. The number of hydrogen-bond acceptors (Lipinski definition) is 2. The van der Waals surface area contributed by atoms with Gasteiger partial charge in [-0.15, -0.1) is 11.8 Å². The lowest BCUT2D eigenvalue weighted by atomic mass is 10.0. The molecule has 0 aromatic heterocycles. The zero-order valence-corrected chi connectivity index (χ0v) is 13.7. The van der Waals surface area contributed by atoms with Gasteiger partial charge in [0.25, 0.3) is 0 Å². The summed E-state index contributed by atoms with van der Waals surface area (Å²) >= 11 is 1.41. The van der Waals surface area contributed by atoms with Crippen molar-refractivity contribution in [2.75, 3.05) is 0 Å². The average molecular weight is 322 g/mol. The first-order valence-corrected chi connectivity index (χ1v) is 8.44. The van der Waals surface area contributed by atoms with Crippen LogP contribution >= 0.6 is 11.8 Å². The van der Waals surface area contributed by atoms with Gasteiger partial charge in [-0.2, -0.15) is 0 Å². The predicted molar refractivity (Wildman–Crippen MR) is 96.1 cm³/mol. The van der Waals surface area contributed by atoms with Gasteiger partial charge in [-0.1, -0.05) is 60.2 Å². The monoisotopic (exact) mass is 322 g/mol. The quantitative estimate of drug-likeness (QED) is 0.676. The SMILES string of the molecule is Cc1ccc(S[C@H](Cc2cccc3ccccc23)C(=O)O)cc1. The number of carboxylic acids is 1. The van der Waals surface area contributed by atoms with E-state index >= 15 is 0 Å². The molecule has 0 amide bonds. The molecule has 116 valence electrons. The first kappa shape index (κ1) is 15.6. The Balaban J connectivity index is 1.87. The minimum absolute atomic E-state index is 0.497. The molecule has 0 radical (unpaired) electrons. The van der Waals surface area contributed by atoms with Gasteiger partial charge in [0, 0.05) is 4.90 Å². The molecule has 23 heavy (non-hydrogen) atoms. The van der Waals surface area contributed by atoms with E-state index in [4.69, 9.17) is 0 Å². The highest BCUT2D eigenvalue weighted by Gasteiger charge is 2.20. The maximum atomic E-state index is 11.7. The summed E-state index contributed by atoms with van der Waals surface area (Å²) in [4.78, 5) is 12.7. The van der Waals surface area contributed by atoms with Crippen LogP contribution in [0, 0.1) is 6.92 Å². The normalized spacial score (nSPS) is 12.2. The van der Waals surface area contributed by atoms with Gasteiger partial charge in [0.2, 0.25) is 0 Å².